The van der Waals surface area contributed by atoms with Gasteiger partial charge in [0.25, 0.3) is 0 Å². The summed E-state index contributed by atoms with van der Waals surface area (Å²) in [5, 5.41) is 8.71. The molecule has 7 nitrogen and oxygen atoms in total. The molecular formula is C13H16N2O5. The molecule has 0 bridgehead atoms. The Labute approximate surface area is 115 Å². The second kappa shape index (κ2) is 7.25. The average molecular weight is 280 g/mol. The van der Waals surface area contributed by atoms with Gasteiger partial charge in [-0.05, 0) is 12.5 Å². The van der Waals surface area contributed by atoms with Crippen LogP contribution >= 0.6 is 0 Å². The van der Waals surface area contributed by atoms with E-state index in [4.69, 9.17) is 15.6 Å². The van der Waals surface area contributed by atoms with Gasteiger partial charge in [-0.25, -0.2) is 9.69 Å². The molecule has 0 spiro atoms. The molecule has 1 atom stereocenters. The Morgan fingerprint density at radius 1 is 1.30 bits per heavy atom. The number of imide groups is 1. The fourth-order valence-electron chi connectivity index (χ4n) is 1.41. The molecule has 2 amide bonds. The van der Waals surface area contributed by atoms with Gasteiger partial charge < -0.3 is 15.6 Å². The topological polar surface area (TPSA) is 110 Å². The third kappa shape index (κ3) is 4.69. The summed E-state index contributed by atoms with van der Waals surface area (Å²) in [6.45, 7) is 0.525. The van der Waals surface area contributed by atoms with E-state index in [1.54, 1.807) is 24.3 Å². The normalized spacial score (nSPS) is 11.5. The quantitative estimate of drug-likeness (QED) is 0.816. The van der Waals surface area contributed by atoms with Gasteiger partial charge in [0.05, 0.1) is 6.04 Å². The first-order chi connectivity index (χ1) is 9.41. The second-order valence-corrected chi connectivity index (χ2v) is 4.15. The van der Waals surface area contributed by atoms with Crippen LogP contribution < -0.4 is 5.73 Å². The molecule has 0 aliphatic rings. The number of hydrogen-bond acceptors (Lipinski definition) is 5. The third-order valence-electron chi connectivity index (χ3n) is 2.37. The molecule has 0 saturated heterocycles. The number of nitrogens with zero attached hydrogens (tertiary/aromatic N) is 1. The molecule has 0 aromatic heterocycles. The SMILES string of the molecule is C[C@H](N)C(=O)N(CC(=O)O)C(=O)OCc1ccccc1. The molecule has 0 aliphatic carbocycles. The number of carbonyl (C=O) groups is 3. The monoisotopic (exact) mass is 280 g/mol. The van der Waals surface area contributed by atoms with E-state index in [1.165, 1.54) is 6.92 Å². The van der Waals surface area contributed by atoms with Crippen LogP contribution in [0.15, 0.2) is 30.3 Å². The Kier molecular flexibility index (Phi) is 5.67. The van der Waals surface area contributed by atoms with Gasteiger partial charge in [-0.15, -0.1) is 0 Å². The summed E-state index contributed by atoms with van der Waals surface area (Å²) in [4.78, 5) is 34.6. The summed E-state index contributed by atoms with van der Waals surface area (Å²) in [7, 11) is 0. The van der Waals surface area contributed by atoms with E-state index >= 15 is 0 Å². The summed E-state index contributed by atoms with van der Waals surface area (Å²) in [5.74, 6) is -2.12. The lowest BCUT2D eigenvalue weighted by Crippen LogP contribution is -2.47. The first-order valence-corrected chi connectivity index (χ1v) is 5.91. The molecule has 1 aromatic rings. The van der Waals surface area contributed by atoms with Gasteiger partial charge in [-0.1, -0.05) is 30.3 Å². The molecule has 0 heterocycles. The minimum absolute atomic E-state index is 0.0535. The Bertz CT molecular complexity index is 487. The molecule has 20 heavy (non-hydrogen) atoms. The van der Waals surface area contributed by atoms with E-state index in [9.17, 15) is 14.4 Å². The van der Waals surface area contributed by atoms with Crippen molar-refractivity contribution in [3.63, 3.8) is 0 Å². The predicted octanol–water partition coefficient (Wildman–Crippen LogP) is 0.584. The van der Waals surface area contributed by atoms with Gasteiger partial charge in [0, 0.05) is 0 Å². The summed E-state index contributed by atoms with van der Waals surface area (Å²) in [6.07, 6.45) is -1.03. The molecule has 7 heteroatoms. The van der Waals surface area contributed by atoms with Crippen LogP contribution in [0.25, 0.3) is 0 Å². The van der Waals surface area contributed by atoms with Crippen LogP contribution in [0, 0.1) is 0 Å². The molecule has 0 aliphatic heterocycles. The number of carboxylic acids is 1. The Morgan fingerprint density at radius 3 is 2.40 bits per heavy atom. The van der Waals surface area contributed by atoms with E-state index in [1.807, 2.05) is 6.07 Å². The molecule has 1 rings (SSSR count). The second-order valence-electron chi connectivity index (χ2n) is 4.15. The van der Waals surface area contributed by atoms with Gasteiger partial charge >= 0.3 is 12.1 Å². The summed E-state index contributed by atoms with van der Waals surface area (Å²) >= 11 is 0. The fourth-order valence-corrected chi connectivity index (χ4v) is 1.41. The van der Waals surface area contributed by atoms with E-state index < -0.39 is 30.6 Å². The highest BCUT2D eigenvalue weighted by Gasteiger charge is 2.27. The molecule has 3 N–H and O–H groups in total. The number of carbonyl (C=O) groups excluding carboxylic acids is 2. The number of carboxylic acid groups (broad SMARTS) is 1. The zero-order valence-electron chi connectivity index (χ0n) is 11.0. The van der Waals surface area contributed by atoms with Gasteiger partial charge in [0.15, 0.2) is 0 Å². The molecule has 108 valence electrons. The zero-order valence-corrected chi connectivity index (χ0v) is 11.0. The van der Waals surface area contributed by atoms with Crippen LogP contribution in [0.2, 0.25) is 0 Å². The van der Waals surface area contributed by atoms with Crippen molar-refractivity contribution in [2.45, 2.75) is 19.6 Å². The number of nitrogens with two attached hydrogens (primary N) is 1. The standard InChI is InChI=1S/C13H16N2O5/c1-9(14)12(18)15(7-11(16)17)13(19)20-8-10-5-3-2-4-6-10/h2-6,9H,7-8,14H2,1H3,(H,16,17)/t9-/m0/s1. The zero-order chi connectivity index (χ0) is 15.1. The van der Waals surface area contributed by atoms with Crippen LogP contribution in [0.4, 0.5) is 4.79 Å². The van der Waals surface area contributed by atoms with Crippen molar-refractivity contribution in [1.29, 1.82) is 0 Å². The van der Waals surface area contributed by atoms with E-state index in [0.717, 1.165) is 5.56 Å². The van der Waals surface area contributed by atoms with Crippen molar-refractivity contribution >= 4 is 18.0 Å². The largest absolute Gasteiger partial charge is 0.480 e. The lowest BCUT2D eigenvalue weighted by atomic mass is 10.2. The van der Waals surface area contributed by atoms with Crippen molar-refractivity contribution < 1.29 is 24.2 Å². The lowest BCUT2D eigenvalue weighted by molar-refractivity contribution is -0.143. The molecular weight excluding hydrogens is 264 g/mol. The number of benzene rings is 1. The first-order valence-electron chi connectivity index (χ1n) is 5.91. The average Bonchev–Trinajstić information content (AvgIpc) is 2.42. The van der Waals surface area contributed by atoms with Crippen molar-refractivity contribution in [3.8, 4) is 0 Å². The van der Waals surface area contributed by atoms with Crippen LogP contribution in [0.1, 0.15) is 12.5 Å². The van der Waals surface area contributed by atoms with Crippen molar-refractivity contribution in [2.75, 3.05) is 6.54 Å². The van der Waals surface area contributed by atoms with E-state index in [2.05, 4.69) is 0 Å². The Hall–Kier alpha value is -2.41. The summed E-state index contributed by atoms with van der Waals surface area (Å²) < 4.78 is 4.91. The fraction of sp³-hybridized carbons (Fsp3) is 0.308. The number of amides is 2. The van der Waals surface area contributed by atoms with Crippen LogP contribution in [-0.4, -0.2) is 40.6 Å². The van der Waals surface area contributed by atoms with E-state index in [0.29, 0.717) is 4.90 Å². The van der Waals surface area contributed by atoms with Crippen LogP contribution in [0.3, 0.4) is 0 Å². The Morgan fingerprint density at radius 2 is 1.90 bits per heavy atom. The minimum atomic E-state index is -1.32. The van der Waals surface area contributed by atoms with Gasteiger partial charge in [0.2, 0.25) is 5.91 Å². The number of hydrogen-bond donors (Lipinski definition) is 2. The summed E-state index contributed by atoms with van der Waals surface area (Å²) in [5.41, 5.74) is 6.09. The van der Waals surface area contributed by atoms with Gasteiger partial charge in [0.1, 0.15) is 13.2 Å². The maximum Gasteiger partial charge on any atom is 0.417 e. The van der Waals surface area contributed by atoms with Crippen LogP contribution in [-0.2, 0) is 20.9 Å². The highest BCUT2D eigenvalue weighted by molar-refractivity contribution is 5.97. The van der Waals surface area contributed by atoms with Crippen molar-refractivity contribution in [1.82, 2.24) is 4.90 Å². The minimum Gasteiger partial charge on any atom is -0.480 e. The third-order valence-corrected chi connectivity index (χ3v) is 2.37. The van der Waals surface area contributed by atoms with Gasteiger partial charge in [-0.3, -0.25) is 9.59 Å². The lowest BCUT2D eigenvalue weighted by Gasteiger charge is -2.20. The van der Waals surface area contributed by atoms with Crippen molar-refractivity contribution in [3.05, 3.63) is 35.9 Å². The number of aliphatic carboxylic acids is 1. The molecule has 0 saturated carbocycles. The van der Waals surface area contributed by atoms with Gasteiger partial charge in [-0.2, -0.15) is 0 Å². The first kappa shape index (κ1) is 15.6. The molecule has 0 unspecified atom stereocenters. The van der Waals surface area contributed by atoms with Crippen LogP contribution in [0.5, 0.6) is 0 Å². The number of rotatable bonds is 5. The maximum atomic E-state index is 11.8. The predicted molar refractivity (Wildman–Crippen MR) is 69.6 cm³/mol. The van der Waals surface area contributed by atoms with Crippen molar-refractivity contribution in [2.24, 2.45) is 5.73 Å². The summed E-state index contributed by atoms with van der Waals surface area (Å²) in [6, 6.07) is 7.83. The Balaban J connectivity index is 2.68. The maximum absolute atomic E-state index is 11.8. The molecule has 0 fully saturated rings. The highest BCUT2D eigenvalue weighted by Crippen LogP contribution is 2.04. The molecule has 1 aromatic carbocycles. The smallest absolute Gasteiger partial charge is 0.417 e. The number of ether oxygens (including phenoxy) is 1. The highest BCUT2D eigenvalue weighted by atomic mass is 16.6. The molecule has 0 radical (unpaired) electrons. The van der Waals surface area contributed by atoms with E-state index in [-0.39, 0.29) is 6.61 Å².